The van der Waals surface area contributed by atoms with Gasteiger partial charge in [0.15, 0.2) is 0 Å². The summed E-state index contributed by atoms with van der Waals surface area (Å²) in [4.78, 5) is 15.5. The van der Waals surface area contributed by atoms with Crippen LogP contribution in [0.25, 0.3) is 0 Å². The quantitative estimate of drug-likeness (QED) is 0.808. The lowest BCUT2D eigenvalue weighted by Gasteiger charge is -2.33. The number of thiophene rings is 1. The van der Waals surface area contributed by atoms with E-state index >= 15 is 0 Å². The maximum Gasteiger partial charge on any atom is 0.264 e. The van der Waals surface area contributed by atoms with Crippen molar-refractivity contribution < 1.29 is 9.53 Å². The zero-order valence-corrected chi connectivity index (χ0v) is 14.8. The molecule has 1 atom stereocenters. The first-order valence-electron chi connectivity index (χ1n) is 8.71. The molecule has 2 aromatic heterocycles. The highest BCUT2D eigenvalue weighted by Crippen LogP contribution is 2.32. The van der Waals surface area contributed by atoms with Crippen molar-refractivity contribution in [2.45, 2.75) is 38.8 Å². The average molecular weight is 345 g/mol. The Morgan fingerprint density at radius 2 is 2.29 bits per heavy atom. The van der Waals surface area contributed by atoms with Gasteiger partial charge in [-0.3, -0.25) is 9.48 Å². The van der Waals surface area contributed by atoms with E-state index in [9.17, 15) is 4.79 Å². The van der Waals surface area contributed by atoms with Gasteiger partial charge in [0.1, 0.15) is 0 Å². The van der Waals surface area contributed by atoms with Crippen molar-refractivity contribution in [2.75, 3.05) is 19.8 Å². The molecule has 5 nitrogen and oxygen atoms in total. The van der Waals surface area contributed by atoms with Crippen LogP contribution in [0.15, 0.2) is 23.7 Å². The number of ether oxygens (including phenoxy) is 1. The number of carbonyl (C=O) groups excluding carboxylic acids is 1. The van der Waals surface area contributed by atoms with Crippen LogP contribution in [0.1, 0.15) is 46.6 Å². The summed E-state index contributed by atoms with van der Waals surface area (Å²) < 4.78 is 8.03. The molecule has 1 saturated carbocycles. The van der Waals surface area contributed by atoms with Crippen LogP contribution >= 0.6 is 11.3 Å². The molecule has 0 aromatic carbocycles. The molecule has 0 spiro atoms. The third-order valence-corrected chi connectivity index (χ3v) is 5.69. The van der Waals surface area contributed by atoms with Crippen LogP contribution in [0.3, 0.4) is 0 Å². The van der Waals surface area contributed by atoms with Gasteiger partial charge in [-0.15, -0.1) is 11.3 Å². The van der Waals surface area contributed by atoms with E-state index in [4.69, 9.17) is 4.74 Å². The van der Waals surface area contributed by atoms with Gasteiger partial charge in [0, 0.05) is 37.7 Å². The number of fused-ring (bicyclic) bond motifs is 1. The van der Waals surface area contributed by atoms with Gasteiger partial charge in [-0.1, -0.05) is 6.07 Å². The van der Waals surface area contributed by atoms with Crippen LogP contribution in [0.4, 0.5) is 0 Å². The maximum atomic E-state index is 12.8. The van der Waals surface area contributed by atoms with E-state index in [2.05, 4.69) is 16.7 Å². The Morgan fingerprint density at radius 1 is 1.42 bits per heavy atom. The van der Waals surface area contributed by atoms with Crippen LogP contribution in [0.5, 0.6) is 0 Å². The van der Waals surface area contributed by atoms with Crippen molar-refractivity contribution in [3.63, 3.8) is 0 Å². The second-order valence-electron chi connectivity index (χ2n) is 6.71. The predicted octanol–water partition coefficient (Wildman–Crippen LogP) is 3.13. The molecule has 0 radical (unpaired) electrons. The van der Waals surface area contributed by atoms with Crippen LogP contribution in [0, 0.1) is 5.92 Å². The molecule has 3 heterocycles. The monoisotopic (exact) mass is 345 g/mol. The van der Waals surface area contributed by atoms with E-state index in [0.29, 0.717) is 19.7 Å². The standard InChI is InChI=1S/C18H23N3O2S/c1-2-21-17-14(8-19-21)9-20(18(22)16-4-3-7-24-16)10-15(17)12-23-11-13-5-6-13/h3-4,7-8,13,15H,2,5-6,9-12H2,1H3. The number of hydrogen-bond donors (Lipinski definition) is 0. The maximum absolute atomic E-state index is 12.8. The average Bonchev–Trinajstić information content (AvgIpc) is 3.11. The third kappa shape index (κ3) is 3.13. The van der Waals surface area contributed by atoms with Crippen molar-refractivity contribution in [1.29, 1.82) is 0 Å². The number of hydrogen-bond acceptors (Lipinski definition) is 4. The third-order valence-electron chi connectivity index (χ3n) is 4.84. The molecule has 24 heavy (non-hydrogen) atoms. The van der Waals surface area contributed by atoms with E-state index in [0.717, 1.165) is 29.5 Å². The molecule has 6 heteroatoms. The van der Waals surface area contributed by atoms with Crippen molar-refractivity contribution in [1.82, 2.24) is 14.7 Å². The molecule has 1 unspecified atom stereocenters. The Hall–Kier alpha value is -1.66. The number of aromatic nitrogens is 2. The molecule has 1 aliphatic carbocycles. The van der Waals surface area contributed by atoms with Gasteiger partial charge in [0.2, 0.25) is 0 Å². The van der Waals surface area contributed by atoms with Gasteiger partial charge in [0.05, 0.1) is 23.4 Å². The van der Waals surface area contributed by atoms with Crippen LogP contribution in [0.2, 0.25) is 0 Å². The predicted molar refractivity (Wildman–Crippen MR) is 93.2 cm³/mol. The van der Waals surface area contributed by atoms with Gasteiger partial charge >= 0.3 is 0 Å². The molecule has 0 N–H and O–H groups in total. The Labute approximate surface area is 146 Å². The first kappa shape index (κ1) is 15.8. The summed E-state index contributed by atoms with van der Waals surface area (Å²) in [5, 5.41) is 6.46. The first-order chi connectivity index (χ1) is 11.8. The van der Waals surface area contributed by atoms with Crippen molar-refractivity contribution in [3.8, 4) is 0 Å². The summed E-state index contributed by atoms with van der Waals surface area (Å²) in [5.41, 5.74) is 2.41. The second kappa shape index (κ2) is 6.69. The molecule has 0 saturated heterocycles. The summed E-state index contributed by atoms with van der Waals surface area (Å²) >= 11 is 1.50. The Bertz CT molecular complexity index is 706. The Morgan fingerprint density at radius 3 is 3.00 bits per heavy atom. The van der Waals surface area contributed by atoms with Gasteiger partial charge < -0.3 is 9.64 Å². The fourth-order valence-corrected chi connectivity index (χ4v) is 4.10. The zero-order chi connectivity index (χ0) is 16.5. The SMILES string of the molecule is CCn1ncc2c1C(COCC1CC1)CN(C(=O)c1cccs1)C2. The highest BCUT2D eigenvalue weighted by Gasteiger charge is 2.33. The summed E-state index contributed by atoms with van der Waals surface area (Å²) in [7, 11) is 0. The van der Waals surface area contributed by atoms with Crippen LogP contribution in [-0.2, 0) is 17.8 Å². The fraction of sp³-hybridized carbons (Fsp3) is 0.556. The molecule has 1 aliphatic heterocycles. The number of rotatable bonds is 6. The molecule has 2 aromatic rings. The van der Waals surface area contributed by atoms with E-state index in [-0.39, 0.29) is 11.8 Å². The van der Waals surface area contributed by atoms with Crippen LogP contribution in [-0.4, -0.2) is 40.3 Å². The molecule has 0 bridgehead atoms. The largest absolute Gasteiger partial charge is 0.380 e. The minimum atomic E-state index is 0.118. The smallest absolute Gasteiger partial charge is 0.264 e. The molecule has 2 aliphatic rings. The van der Waals surface area contributed by atoms with Crippen molar-refractivity contribution in [2.24, 2.45) is 5.92 Å². The van der Waals surface area contributed by atoms with Gasteiger partial charge in [-0.2, -0.15) is 5.10 Å². The van der Waals surface area contributed by atoms with Gasteiger partial charge in [-0.05, 0) is 37.1 Å². The molecule has 128 valence electrons. The highest BCUT2D eigenvalue weighted by atomic mass is 32.1. The first-order valence-corrected chi connectivity index (χ1v) is 9.59. The molecular weight excluding hydrogens is 322 g/mol. The summed E-state index contributed by atoms with van der Waals surface area (Å²) in [6.45, 7) is 5.84. The van der Waals surface area contributed by atoms with Crippen LogP contribution < -0.4 is 0 Å². The Balaban J connectivity index is 1.53. The zero-order valence-electron chi connectivity index (χ0n) is 14.0. The lowest BCUT2D eigenvalue weighted by atomic mass is 9.96. The number of nitrogens with zero attached hydrogens (tertiary/aromatic N) is 3. The van der Waals surface area contributed by atoms with Crippen molar-refractivity contribution in [3.05, 3.63) is 39.8 Å². The summed E-state index contributed by atoms with van der Waals surface area (Å²) in [6, 6.07) is 3.83. The lowest BCUT2D eigenvalue weighted by molar-refractivity contribution is 0.0624. The number of aryl methyl sites for hydroxylation is 1. The minimum Gasteiger partial charge on any atom is -0.380 e. The van der Waals surface area contributed by atoms with Gasteiger partial charge in [0.25, 0.3) is 5.91 Å². The van der Waals surface area contributed by atoms with E-state index in [1.54, 1.807) is 0 Å². The van der Waals surface area contributed by atoms with Crippen molar-refractivity contribution >= 4 is 17.2 Å². The Kier molecular flexibility index (Phi) is 4.41. The highest BCUT2D eigenvalue weighted by molar-refractivity contribution is 7.12. The summed E-state index contributed by atoms with van der Waals surface area (Å²) in [5.74, 6) is 1.08. The fourth-order valence-electron chi connectivity index (χ4n) is 3.41. The normalized spacial score (nSPS) is 20.2. The van der Waals surface area contributed by atoms with E-state index in [1.165, 1.54) is 29.9 Å². The molecule has 4 rings (SSSR count). The molecule has 1 fully saturated rings. The minimum absolute atomic E-state index is 0.118. The topological polar surface area (TPSA) is 47.4 Å². The lowest BCUT2D eigenvalue weighted by Crippen LogP contribution is -2.40. The van der Waals surface area contributed by atoms with Gasteiger partial charge in [-0.25, -0.2) is 0 Å². The van der Waals surface area contributed by atoms with E-state index in [1.807, 2.05) is 28.6 Å². The van der Waals surface area contributed by atoms with E-state index < -0.39 is 0 Å². The second-order valence-corrected chi connectivity index (χ2v) is 7.66. The molecular formula is C18H23N3O2S. The number of amides is 1. The summed E-state index contributed by atoms with van der Waals surface area (Å²) in [6.07, 6.45) is 4.51. The molecule has 1 amide bonds. The number of carbonyl (C=O) groups is 1.